The molecule has 0 spiro atoms. The average molecular weight is 216 g/mol. The van der Waals surface area contributed by atoms with Gasteiger partial charge in [0.1, 0.15) is 0 Å². The second-order valence-electron chi connectivity index (χ2n) is 4.55. The SMILES string of the molecule is C/C=C\CC(C)c1ccc(CCCC)cc1. The molecule has 0 saturated carbocycles. The molecule has 0 heteroatoms. The topological polar surface area (TPSA) is 0 Å². The number of benzene rings is 1. The van der Waals surface area contributed by atoms with E-state index in [4.69, 9.17) is 0 Å². The molecule has 0 aliphatic carbocycles. The Labute approximate surface area is 100 Å². The Hall–Kier alpha value is -1.04. The zero-order chi connectivity index (χ0) is 11.8. The minimum atomic E-state index is 0.636. The van der Waals surface area contributed by atoms with Crippen molar-refractivity contribution in [2.24, 2.45) is 0 Å². The highest BCUT2D eigenvalue weighted by Gasteiger charge is 2.02. The summed E-state index contributed by atoms with van der Waals surface area (Å²) in [6.07, 6.45) is 9.32. The van der Waals surface area contributed by atoms with E-state index in [1.54, 1.807) is 0 Å². The van der Waals surface area contributed by atoms with Crippen LogP contribution in [0.15, 0.2) is 36.4 Å². The highest BCUT2D eigenvalue weighted by Crippen LogP contribution is 2.20. The lowest BCUT2D eigenvalue weighted by Gasteiger charge is -2.10. The molecule has 0 aliphatic heterocycles. The summed E-state index contributed by atoms with van der Waals surface area (Å²) in [5, 5.41) is 0. The molecule has 0 radical (unpaired) electrons. The first-order chi connectivity index (χ1) is 7.77. The first-order valence-corrected chi connectivity index (χ1v) is 6.48. The highest BCUT2D eigenvalue weighted by molar-refractivity contribution is 5.25. The summed E-state index contributed by atoms with van der Waals surface area (Å²) in [7, 11) is 0. The third-order valence-electron chi connectivity index (χ3n) is 3.09. The standard InChI is InChI=1S/C16H24/c1-4-6-8-14(3)16-12-10-15(11-13-16)9-7-5-2/h4,6,10-14H,5,7-9H2,1-3H3/b6-4-. The van der Waals surface area contributed by atoms with Crippen LogP contribution in [-0.4, -0.2) is 0 Å². The third kappa shape index (κ3) is 4.22. The summed E-state index contributed by atoms with van der Waals surface area (Å²) in [4.78, 5) is 0. The summed E-state index contributed by atoms with van der Waals surface area (Å²) in [6, 6.07) is 9.16. The fourth-order valence-electron chi connectivity index (χ4n) is 1.87. The normalized spacial score (nSPS) is 13.2. The smallest absolute Gasteiger partial charge is 0.0156 e. The minimum Gasteiger partial charge on any atom is -0.0916 e. The lowest BCUT2D eigenvalue weighted by Crippen LogP contribution is -1.92. The molecular weight excluding hydrogens is 192 g/mol. The lowest BCUT2D eigenvalue weighted by molar-refractivity contribution is 0.773. The van der Waals surface area contributed by atoms with Crippen molar-refractivity contribution in [2.75, 3.05) is 0 Å². The Morgan fingerprint density at radius 2 is 1.88 bits per heavy atom. The van der Waals surface area contributed by atoms with Crippen LogP contribution in [-0.2, 0) is 6.42 Å². The number of aryl methyl sites for hydroxylation is 1. The van der Waals surface area contributed by atoms with Crippen LogP contribution in [0.3, 0.4) is 0 Å². The molecule has 1 rings (SSSR count). The number of rotatable bonds is 6. The maximum absolute atomic E-state index is 2.29. The molecular formula is C16H24. The Morgan fingerprint density at radius 3 is 2.44 bits per heavy atom. The zero-order valence-electron chi connectivity index (χ0n) is 10.9. The van der Waals surface area contributed by atoms with Gasteiger partial charge in [0.2, 0.25) is 0 Å². The number of hydrogen-bond donors (Lipinski definition) is 0. The molecule has 1 aromatic carbocycles. The van der Waals surface area contributed by atoms with Gasteiger partial charge in [-0.25, -0.2) is 0 Å². The predicted molar refractivity (Wildman–Crippen MR) is 72.9 cm³/mol. The summed E-state index contributed by atoms with van der Waals surface area (Å²) in [6.45, 7) is 6.62. The molecule has 0 nitrogen and oxygen atoms in total. The van der Waals surface area contributed by atoms with Crippen molar-refractivity contribution in [3.05, 3.63) is 47.5 Å². The van der Waals surface area contributed by atoms with E-state index < -0.39 is 0 Å². The first-order valence-electron chi connectivity index (χ1n) is 6.48. The van der Waals surface area contributed by atoms with Gasteiger partial charge in [-0.05, 0) is 43.2 Å². The maximum Gasteiger partial charge on any atom is -0.0156 e. The van der Waals surface area contributed by atoms with Gasteiger partial charge < -0.3 is 0 Å². The number of allylic oxidation sites excluding steroid dienone is 2. The molecule has 1 aromatic rings. The van der Waals surface area contributed by atoms with Crippen molar-refractivity contribution in [1.82, 2.24) is 0 Å². The van der Waals surface area contributed by atoms with E-state index in [9.17, 15) is 0 Å². The fraction of sp³-hybridized carbons (Fsp3) is 0.500. The molecule has 0 N–H and O–H groups in total. The lowest BCUT2D eigenvalue weighted by atomic mass is 9.96. The monoisotopic (exact) mass is 216 g/mol. The molecule has 16 heavy (non-hydrogen) atoms. The van der Waals surface area contributed by atoms with Gasteiger partial charge in [-0.15, -0.1) is 0 Å². The van der Waals surface area contributed by atoms with Gasteiger partial charge in [-0.1, -0.05) is 56.7 Å². The quantitative estimate of drug-likeness (QED) is 0.580. The van der Waals surface area contributed by atoms with Crippen molar-refractivity contribution >= 4 is 0 Å². The highest BCUT2D eigenvalue weighted by atomic mass is 14.1. The van der Waals surface area contributed by atoms with Crippen LogP contribution in [0.25, 0.3) is 0 Å². The molecule has 0 amide bonds. The Bertz CT molecular complexity index is 305. The third-order valence-corrected chi connectivity index (χ3v) is 3.09. The summed E-state index contributed by atoms with van der Waals surface area (Å²) >= 11 is 0. The molecule has 0 fully saturated rings. The molecule has 0 heterocycles. The second-order valence-corrected chi connectivity index (χ2v) is 4.55. The van der Waals surface area contributed by atoms with Gasteiger partial charge >= 0.3 is 0 Å². The van der Waals surface area contributed by atoms with E-state index in [1.807, 2.05) is 0 Å². The maximum atomic E-state index is 2.29. The van der Waals surface area contributed by atoms with Crippen LogP contribution in [0.4, 0.5) is 0 Å². The van der Waals surface area contributed by atoms with E-state index in [1.165, 1.54) is 30.4 Å². The van der Waals surface area contributed by atoms with Gasteiger partial charge in [0.15, 0.2) is 0 Å². The van der Waals surface area contributed by atoms with Crippen LogP contribution in [0.2, 0.25) is 0 Å². The van der Waals surface area contributed by atoms with Gasteiger partial charge in [0.25, 0.3) is 0 Å². The van der Waals surface area contributed by atoms with Crippen molar-refractivity contribution in [1.29, 1.82) is 0 Å². The van der Waals surface area contributed by atoms with Crippen LogP contribution < -0.4 is 0 Å². The molecule has 88 valence electrons. The summed E-state index contributed by atoms with van der Waals surface area (Å²) in [5.41, 5.74) is 2.93. The molecule has 1 unspecified atom stereocenters. The second kappa shape index (κ2) is 7.27. The minimum absolute atomic E-state index is 0.636. The zero-order valence-corrected chi connectivity index (χ0v) is 10.9. The fourth-order valence-corrected chi connectivity index (χ4v) is 1.87. The molecule has 0 saturated heterocycles. The van der Waals surface area contributed by atoms with E-state index in [-0.39, 0.29) is 0 Å². The van der Waals surface area contributed by atoms with E-state index in [0.717, 1.165) is 6.42 Å². The summed E-state index contributed by atoms with van der Waals surface area (Å²) < 4.78 is 0. The van der Waals surface area contributed by atoms with Crippen molar-refractivity contribution in [2.45, 2.75) is 52.4 Å². The Kier molecular flexibility index (Phi) is 5.92. The van der Waals surface area contributed by atoms with Gasteiger partial charge in [0.05, 0.1) is 0 Å². The van der Waals surface area contributed by atoms with Crippen LogP contribution >= 0.6 is 0 Å². The molecule has 1 atom stereocenters. The van der Waals surface area contributed by atoms with Gasteiger partial charge in [0, 0.05) is 0 Å². The number of unbranched alkanes of at least 4 members (excludes halogenated alkanes) is 1. The Balaban J connectivity index is 2.56. The van der Waals surface area contributed by atoms with E-state index in [2.05, 4.69) is 57.2 Å². The van der Waals surface area contributed by atoms with Crippen LogP contribution in [0.5, 0.6) is 0 Å². The largest absolute Gasteiger partial charge is 0.0916 e. The summed E-state index contributed by atoms with van der Waals surface area (Å²) in [5.74, 6) is 0.636. The Morgan fingerprint density at radius 1 is 1.19 bits per heavy atom. The van der Waals surface area contributed by atoms with Crippen molar-refractivity contribution < 1.29 is 0 Å². The molecule has 0 aromatic heterocycles. The van der Waals surface area contributed by atoms with Crippen molar-refractivity contribution in [3.63, 3.8) is 0 Å². The first kappa shape index (κ1) is 13.0. The predicted octanol–water partition coefficient (Wildman–Crippen LogP) is 5.10. The molecule has 0 aliphatic rings. The van der Waals surface area contributed by atoms with Crippen molar-refractivity contribution in [3.8, 4) is 0 Å². The van der Waals surface area contributed by atoms with E-state index in [0.29, 0.717) is 5.92 Å². The van der Waals surface area contributed by atoms with Gasteiger partial charge in [-0.2, -0.15) is 0 Å². The number of hydrogen-bond acceptors (Lipinski definition) is 0. The molecule has 0 bridgehead atoms. The van der Waals surface area contributed by atoms with Crippen LogP contribution in [0, 0.1) is 0 Å². The van der Waals surface area contributed by atoms with Crippen LogP contribution in [0.1, 0.15) is 57.1 Å². The van der Waals surface area contributed by atoms with E-state index >= 15 is 0 Å². The van der Waals surface area contributed by atoms with Gasteiger partial charge in [-0.3, -0.25) is 0 Å². The average Bonchev–Trinajstić information content (AvgIpc) is 2.34.